The molecule has 2 rings (SSSR count). The standard InChI is InChI=1S/C14H22N2O2S/c1-14(13-5-3-2-4-6-13)7-9-16(10-8-14)11-12-19(15,17)18/h2-6H,7-12H2,1H3,(H2,15,17,18). The van der Waals surface area contributed by atoms with Gasteiger partial charge in [-0.3, -0.25) is 0 Å². The van der Waals surface area contributed by atoms with E-state index in [1.807, 2.05) is 6.07 Å². The molecule has 19 heavy (non-hydrogen) atoms. The van der Waals surface area contributed by atoms with Crippen LogP contribution in [0.15, 0.2) is 30.3 Å². The average molecular weight is 282 g/mol. The van der Waals surface area contributed by atoms with Gasteiger partial charge >= 0.3 is 0 Å². The third-order valence-corrected chi connectivity index (χ3v) is 4.87. The molecule has 0 atom stereocenters. The van der Waals surface area contributed by atoms with Crippen molar-refractivity contribution in [3.05, 3.63) is 35.9 Å². The van der Waals surface area contributed by atoms with Crippen molar-refractivity contribution in [1.29, 1.82) is 0 Å². The van der Waals surface area contributed by atoms with Gasteiger partial charge in [0.15, 0.2) is 0 Å². The number of nitrogens with zero attached hydrogens (tertiary/aromatic N) is 1. The molecule has 5 heteroatoms. The molecule has 1 fully saturated rings. The molecule has 0 aliphatic carbocycles. The zero-order chi connectivity index (χ0) is 13.9. The molecule has 0 unspecified atom stereocenters. The number of primary sulfonamides is 1. The fourth-order valence-corrected chi connectivity index (χ4v) is 3.17. The van der Waals surface area contributed by atoms with Crippen LogP contribution in [0.4, 0.5) is 0 Å². The molecule has 2 N–H and O–H groups in total. The monoisotopic (exact) mass is 282 g/mol. The van der Waals surface area contributed by atoms with E-state index < -0.39 is 10.0 Å². The van der Waals surface area contributed by atoms with Gasteiger partial charge in [0.25, 0.3) is 0 Å². The summed E-state index contributed by atoms with van der Waals surface area (Å²) in [5.41, 5.74) is 1.58. The van der Waals surface area contributed by atoms with Crippen LogP contribution in [0.1, 0.15) is 25.3 Å². The van der Waals surface area contributed by atoms with Crippen molar-refractivity contribution in [2.75, 3.05) is 25.4 Å². The highest BCUT2D eigenvalue weighted by molar-refractivity contribution is 7.89. The van der Waals surface area contributed by atoms with Crippen molar-refractivity contribution < 1.29 is 8.42 Å². The second kappa shape index (κ2) is 5.61. The minimum Gasteiger partial charge on any atom is -0.302 e. The summed E-state index contributed by atoms with van der Waals surface area (Å²) in [7, 11) is -3.35. The molecular formula is C14H22N2O2S. The maximum atomic E-state index is 11.0. The Morgan fingerprint density at radius 2 is 1.79 bits per heavy atom. The van der Waals surface area contributed by atoms with Gasteiger partial charge in [-0.15, -0.1) is 0 Å². The highest BCUT2D eigenvalue weighted by atomic mass is 32.2. The summed E-state index contributed by atoms with van der Waals surface area (Å²) in [6, 6.07) is 10.6. The van der Waals surface area contributed by atoms with Gasteiger partial charge in [-0.2, -0.15) is 0 Å². The van der Waals surface area contributed by atoms with Crippen molar-refractivity contribution in [3.63, 3.8) is 0 Å². The summed E-state index contributed by atoms with van der Waals surface area (Å²) in [5, 5.41) is 5.04. The molecular weight excluding hydrogens is 260 g/mol. The molecule has 1 heterocycles. The number of nitrogens with two attached hydrogens (primary N) is 1. The van der Waals surface area contributed by atoms with E-state index in [0.29, 0.717) is 6.54 Å². The maximum Gasteiger partial charge on any atom is 0.210 e. The van der Waals surface area contributed by atoms with Gasteiger partial charge in [0, 0.05) is 6.54 Å². The van der Waals surface area contributed by atoms with Gasteiger partial charge < -0.3 is 4.90 Å². The molecule has 1 saturated heterocycles. The number of rotatable bonds is 4. The van der Waals surface area contributed by atoms with E-state index in [1.165, 1.54) is 5.56 Å². The lowest BCUT2D eigenvalue weighted by molar-refractivity contribution is 0.176. The molecule has 106 valence electrons. The largest absolute Gasteiger partial charge is 0.302 e. The highest BCUT2D eigenvalue weighted by Gasteiger charge is 2.31. The second-order valence-electron chi connectivity index (χ2n) is 5.64. The SMILES string of the molecule is CC1(c2ccccc2)CCN(CCS(N)(=O)=O)CC1. The molecule has 0 radical (unpaired) electrons. The number of benzene rings is 1. The summed E-state index contributed by atoms with van der Waals surface area (Å²) in [6.07, 6.45) is 2.11. The van der Waals surface area contributed by atoms with E-state index in [4.69, 9.17) is 5.14 Å². The molecule has 0 aromatic heterocycles. The zero-order valence-electron chi connectivity index (χ0n) is 11.4. The number of hydrogen-bond donors (Lipinski definition) is 1. The fraction of sp³-hybridized carbons (Fsp3) is 0.571. The first-order valence-electron chi connectivity index (χ1n) is 6.67. The van der Waals surface area contributed by atoms with E-state index in [2.05, 4.69) is 36.1 Å². The summed E-state index contributed by atoms with van der Waals surface area (Å²) >= 11 is 0. The Labute approximate surface area is 115 Å². The van der Waals surface area contributed by atoms with Crippen molar-refractivity contribution in [1.82, 2.24) is 4.90 Å². The minimum atomic E-state index is -3.35. The first-order chi connectivity index (χ1) is 8.89. The number of piperidine rings is 1. The summed E-state index contributed by atoms with van der Waals surface area (Å²) < 4.78 is 21.9. The third-order valence-electron chi connectivity index (χ3n) is 4.12. The first-order valence-corrected chi connectivity index (χ1v) is 8.39. The van der Waals surface area contributed by atoms with Gasteiger partial charge in [-0.05, 0) is 36.9 Å². The van der Waals surface area contributed by atoms with E-state index in [9.17, 15) is 8.42 Å². The van der Waals surface area contributed by atoms with E-state index in [1.54, 1.807) is 0 Å². The van der Waals surface area contributed by atoms with Gasteiger partial charge in [-0.25, -0.2) is 13.6 Å². The Balaban J connectivity index is 1.92. The number of sulfonamides is 1. The minimum absolute atomic E-state index is 0.0506. The van der Waals surface area contributed by atoms with Crippen LogP contribution >= 0.6 is 0 Å². The Bertz CT molecular complexity index is 506. The van der Waals surface area contributed by atoms with Crippen molar-refractivity contribution in [2.24, 2.45) is 5.14 Å². The topological polar surface area (TPSA) is 63.4 Å². The van der Waals surface area contributed by atoms with Crippen molar-refractivity contribution in [2.45, 2.75) is 25.2 Å². The summed E-state index contributed by atoms with van der Waals surface area (Å²) in [6.45, 7) is 4.70. The molecule has 1 aliphatic heterocycles. The predicted molar refractivity (Wildman–Crippen MR) is 77.4 cm³/mol. The number of likely N-dealkylation sites (tertiary alicyclic amines) is 1. The highest BCUT2D eigenvalue weighted by Crippen LogP contribution is 2.34. The van der Waals surface area contributed by atoms with Gasteiger partial charge in [-0.1, -0.05) is 37.3 Å². The Morgan fingerprint density at radius 1 is 1.21 bits per heavy atom. The van der Waals surface area contributed by atoms with Crippen LogP contribution in [-0.2, 0) is 15.4 Å². The fourth-order valence-electron chi connectivity index (χ4n) is 2.66. The molecule has 1 aliphatic rings. The molecule has 1 aromatic carbocycles. The van der Waals surface area contributed by atoms with Gasteiger partial charge in [0.2, 0.25) is 10.0 Å². The molecule has 0 saturated carbocycles. The van der Waals surface area contributed by atoms with E-state index >= 15 is 0 Å². The maximum absolute atomic E-state index is 11.0. The Morgan fingerprint density at radius 3 is 2.32 bits per heavy atom. The lowest BCUT2D eigenvalue weighted by Crippen LogP contribution is -2.43. The predicted octanol–water partition coefficient (Wildman–Crippen LogP) is 1.33. The van der Waals surface area contributed by atoms with Crippen LogP contribution < -0.4 is 5.14 Å². The lowest BCUT2D eigenvalue weighted by Gasteiger charge is -2.39. The van der Waals surface area contributed by atoms with Gasteiger partial charge in [0.1, 0.15) is 0 Å². The third kappa shape index (κ3) is 4.03. The van der Waals surface area contributed by atoms with Crippen LogP contribution in [0.3, 0.4) is 0 Å². The Kier molecular flexibility index (Phi) is 4.28. The number of hydrogen-bond acceptors (Lipinski definition) is 3. The van der Waals surface area contributed by atoms with E-state index in [0.717, 1.165) is 25.9 Å². The molecule has 4 nitrogen and oxygen atoms in total. The van der Waals surface area contributed by atoms with Crippen LogP contribution in [0.5, 0.6) is 0 Å². The van der Waals surface area contributed by atoms with Crippen LogP contribution in [-0.4, -0.2) is 38.7 Å². The Hall–Kier alpha value is -0.910. The average Bonchev–Trinajstić information content (AvgIpc) is 2.38. The smallest absolute Gasteiger partial charge is 0.210 e. The molecule has 0 spiro atoms. The van der Waals surface area contributed by atoms with Crippen molar-refractivity contribution in [3.8, 4) is 0 Å². The molecule has 0 bridgehead atoms. The molecule has 1 aromatic rings. The zero-order valence-corrected chi connectivity index (χ0v) is 12.2. The summed E-state index contributed by atoms with van der Waals surface area (Å²) in [4.78, 5) is 2.19. The van der Waals surface area contributed by atoms with Crippen molar-refractivity contribution >= 4 is 10.0 Å². The quantitative estimate of drug-likeness (QED) is 0.906. The second-order valence-corrected chi connectivity index (χ2v) is 7.37. The first kappa shape index (κ1) is 14.5. The van der Waals surface area contributed by atoms with Crippen LogP contribution in [0.25, 0.3) is 0 Å². The summed E-state index contributed by atoms with van der Waals surface area (Å²) in [5.74, 6) is 0.0506. The van der Waals surface area contributed by atoms with Crippen LogP contribution in [0, 0.1) is 0 Å². The van der Waals surface area contributed by atoms with Gasteiger partial charge in [0.05, 0.1) is 5.75 Å². The normalized spacial score (nSPS) is 20.3. The van der Waals surface area contributed by atoms with E-state index in [-0.39, 0.29) is 11.2 Å². The van der Waals surface area contributed by atoms with Crippen LogP contribution in [0.2, 0.25) is 0 Å². The molecule has 0 amide bonds. The lowest BCUT2D eigenvalue weighted by atomic mass is 9.74.